The fourth-order valence-electron chi connectivity index (χ4n) is 4.79. The van der Waals surface area contributed by atoms with Crippen LogP contribution in [-0.4, -0.2) is 80.0 Å². The molecule has 1 heterocycles. The standard InChI is InChI=1S/C22H36N4O/c1-18-8-7-9-19(16-18)20(24(2)3)21(27)23-17-22(10-5-6-11-22)26-14-12-25(4)13-15-26/h7-9,16,20H,5-6,10-15,17H2,1-4H3,(H,23,27)/t20-/m1/s1. The Morgan fingerprint density at radius 2 is 1.85 bits per heavy atom. The van der Waals surface area contributed by atoms with Crippen LogP contribution in [0.15, 0.2) is 24.3 Å². The van der Waals surface area contributed by atoms with Crippen molar-refractivity contribution in [1.82, 2.24) is 20.0 Å². The molecule has 1 aliphatic heterocycles. The normalized spacial score (nSPS) is 22.1. The highest BCUT2D eigenvalue weighted by Crippen LogP contribution is 2.35. The maximum Gasteiger partial charge on any atom is 0.242 e. The van der Waals surface area contributed by atoms with Crippen LogP contribution in [0.5, 0.6) is 0 Å². The molecule has 0 spiro atoms. The molecule has 1 saturated heterocycles. The van der Waals surface area contributed by atoms with Gasteiger partial charge in [0.25, 0.3) is 0 Å². The van der Waals surface area contributed by atoms with Crippen molar-refractivity contribution in [3.63, 3.8) is 0 Å². The average molecular weight is 373 g/mol. The van der Waals surface area contributed by atoms with Crippen LogP contribution in [0.1, 0.15) is 42.9 Å². The van der Waals surface area contributed by atoms with E-state index in [1.165, 1.54) is 31.2 Å². The van der Waals surface area contributed by atoms with Crippen LogP contribution in [0.25, 0.3) is 0 Å². The van der Waals surface area contributed by atoms with Gasteiger partial charge in [0.15, 0.2) is 0 Å². The van der Waals surface area contributed by atoms with Gasteiger partial charge in [-0.05, 0) is 46.5 Å². The lowest BCUT2D eigenvalue weighted by molar-refractivity contribution is -0.126. The highest BCUT2D eigenvalue weighted by Gasteiger charge is 2.41. The van der Waals surface area contributed by atoms with Crippen molar-refractivity contribution in [2.24, 2.45) is 0 Å². The Hall–Kier alpha value is -1.43. The molecule has 150 valence electrons. The highest BCUT2D eigenvalue weighted by atomic mass is 16.2. The van der Waals surface area contributed by atoms with E-state index in [1.54, 1.807) is 0 Å². The molecule has 1 aromatic carbocycles. The monoisotopic (exact) mass is 372 g/mol. The van der Waals surface area contributed by atoms with E-state index in [4.69, 9.17) is 0 Å². The molecule has 5 heteroatoms. The molecule has 1 atom stereocenters. The van der Waals surface area contributed by atoms with Gasteiger partial charge in [-0.2, -0.15) is 0 Å². The lowest BCUT2D eigenvalue weighted by atomic mass is 9.93. The lowest BCUT2D eigenvalue weighted by Gasteiger charge is -2.45. The number of nitrogens with one attached hydrogen (secondary N) is 1. The molecule has 1 amide bonds. The first-order valence-electron chi connectivity index (χ1n) is 10.4. The smallest absolute Gasteiger partial charge is 0.242 e. The Balaban J connectivity index is 1.69. The lowest BCUT2D eigenvalue weighted by Crippen LogP contribution is -2.60. The summed E-state index contributed by atoms with van der Waals surface area (Å²) < 4.78 is 0. The van der Waals surface area contributed by atoms with Gasteiger partial charge >= 0.3 is 0 Å². The molecular formula is C22H36N4O. The minimum Gasteiger partial charge on any atom is -0.353 e. The first kappa shape index (κ1) is 20.3. The second-order valence-electron chi connectivity index (χ2n) is 8.72. The quantitative estimate of drug-likeness (QED) is 0.831. The molecule has 2 fully saturated rings. The average Bonchev–Trinajstić information content (AvgIpc) is 3.11. The van der Waals surface area contributed by atoms with Gasteiger partial charge in [-0.1, -0.05) is 42.7 Å². The number of nitrogens with zero attached hydrogens (tertiary/aromatic N) is 3. The Morgan fingerprint density at radius 1 is 1.19 bits per heavy atom. The van der Waals surface area contributed by atoms with Gasteiger partial charge in [-0.15, -0.1) is 0 Å². The SMILES string of the molecule is Cc1cccc([C@H](C(=O)NCC2(N3CCN(C)CC3)CCCC2)N(C)C)c1. The number of rotatable bonds is 6. The van der Waals surface area contributed by atoms with E-state index in [-0.39, 0.29) is 17.5 Å². The second kappa shape index (κ2) is 8.72. The molecule has 1 aliphatic carbocycles. The van der Waals surface area contributed by atoms with Gasteiger partial charge < -0.3 is 10.2 Å². The zero-order chi connectivity index (χ0) is 19.4. The van der Waals surface area contributed by atoms with Gasteiger partial charge in [0.1, 0.15) is 6.04 Å². The van der Waals surface area contributed by atoms with Crippen molar-refractivity contribution < 1.29 is 4.79 Å². The summed E-state index contributed by atoms with van der Waals surface area (Å²) in [6, 6.07) is 8.06. The van der Waals surface area contributed by atoms with E-state index in [0.717, 1.165) is 38.3 Å². The predicted molar refractivity (Wildman–Crippen MR) is 111 cm³/mol. The topological polar surface area (TPSA) is 38.8 Å². The third-order valence-corrected chi connectivity index (χ3v) is 6.42. The Kier molecular flexibility index (Phi) is 6.56. The number of hydrogen-bond donors (Lipinski definition) is 1. The minimum absolute atomic E-state index is 0.117. The summed E-state index contributed by atoms with van der Waals surface area (Å²) in [5, 5.41) is 3.34. The number of benzene rings is 1. The molecule has 0 unspecified atom stereocenters. The van der Waals surface area contributed by atoms with Crippen LogP contribution in [0.3, 0.4) is 0 Å². The van der Waals surface area contributed by atoms with Crippen molar-refractivity contribution in [2.75, 3.05) is 53.9 Å². The van der Waals surface area contributed by atoms with E-state index >= 15 is 0 Å². The van der Waals surface area contributed by atoms with Crippen LogP contribution in [0.2, 0.25) is 0 Å². The number of piperazine rings is 1. The van der Waals surface area contributed by atoms with E-state index < -0.39 is 0 Å². The third-order valence-electron chi connectivity index (χ3n) is 6.42. The summed E-state index contributed by atoms with van der Waals surface area (Å²) in [7, 11) is 6.17. The fourth-order valence-corrected chi connectivity index (χ4v) is 4.79. The molecule has 1 saturated carbocycles. The number of carbonyl (C=O) groups is 1. The molecule has 3 rings (SSSR count). The van der Waals surface area contributed by atoms with Crippen molar-refractivity contribution >= 4 is 5.91 Å². The van der Waals surface area contributed by atoms with Crippen LogP contribution >= 0.6 is 0 Å². The molecular weight excluding hydrogens is 336 g/mol. The molecule has 1 N–H and O–H groups in total. The Bertz CT molecular complexity index is 631. The van der Waals surface area contributed by atoms with Crippen molar-refractivity contribution in [3.05, 3.63) is 35.4 Å². The maximum atomic E-state index is 13.2. The fraction of sp³-hybridized carbons (Fsp3) is 0.682. The zero-order valence-corrected chi connectivity index (χ0v) is 17.5. The summed E-state index contributed by atoms with van der Waals surface area (Å²) in [6.07, 6.45) is 4.95. The Labute approximate surface area is 164 Å². The molecule has 0 bridgehead atoms. The first-order valence-corrected chi connectivity index (χ1v) is 10.4. The van der Waals surface area contributed by atoms with E-state index in [1.807, 2.05) is 25.1 Å². The largest absolute Gasteiger partial charge is 0.353 e. The molecule has 0 aromatic heterocycles. The van der Waals surface area contributed by atoms with Gasteiger partial charge in [-0.25, -0.2) is 0 Å². The maximum absolute atomic E-state index is 13.2. The first-order chi connectivity index (χ1) is 12.9. The summed E-state index contributed by atoms with van der Waals surface area (Å²) in [6.45, 7) is 7.32. The Morgan fingerprint density at radius 3 is 2.44 bits per heavy atom. The molecule has 27 heavy (non-hydrogen) atoms. The number of likely N-dealkylation sites (N-methyl/N-ethyl adjacent to an activating group) is 2. The van der Waals surface area contributed by atoms with Crippen molar-refractivity contribution in [2.45, 2.75) is 44.2 Å². The van der Waals surface area contributed by atoms with Crippen LogP contribution < -0.4 is 5.32 Å². The number of aryl methyl sites for hydroxylation is 1. The van der Waals surface area contributed by atoms with E-state index in [9.17, 15) is 4.79 Å². The van der Waals surface area contributed by atoms with Crippen LogP contribution in [-0.2, 0) is 4.79 Å². The van der Waals surface area contributed by atoms with Crippen LogP contribution in [0.4, 0.5) is 0 Å². The molecule has 2 aliphatic rings. The summed E-state index contributed by atoms with van der Waals surface area (Å²) in [5.41, 5.74) is 2.41. The zero-order valence-electron chi connectivity index (χ0n) is 17.5. The number of carbonyl (C=O) groups excluding carboxylic acids is 1. The summed E-state index contributed by atoms with van der Waals surface area (Å²) in [5.74, 6) is 0.117. The van der Waals surface area contributed by atoms with Gasteiger partial charge in [0, 0.05) is 38.3 Å². The third kappa shape index (κ3) is 4.71. The van der Waals surface area contributed by atoms with Gasteiger partial charge in [0.05, 0.1) is 0 Å². The minimum atomic E-state index is -0.240. The molecule has 5 nitrogen and oxygen atoms in total. The highest BCUT2D eigenvalue weighted by molar-refractivity contribution is 5.83. The second-order valence-corrected chi connectivity index (χ2v) is 8.72. The van der Waals surface area contributed by atoms with Gasteiger partial charge in [-0.3, -0.25) is 14.6 Å². The van der Waals surface area contributed by atoms with Gasteiger partial charge in [0.2, 0.25) is 5.91 Å². The van der Waals surface area contributed by atoms with Crippen LogP contribution in [0, 0.1) is 6.92 Å². The van der Waals surface area contributed by atoms with Crippen molar-refractivity contribution in [1.29, 1.82) is 0 Å². The molecule has 1 aromatic rings. The van der Waals surface area contributed by atoms with E-state index in [0.29, 0.717) is 0 Å². The predicted octanol–water partition coefficient (Wildman–Crippen LogP) is 2.27. The summed E-state index contributed by atoms with van der Waals surface area (Å²) in [4.78, 5) is 20.2. The molecule has 0 radical (unpaired) electrons. The van der Waals surface area contributed by atoms with Crippen molar-refractivity contribution in [3.8, 4) is 0 Å². The number of hydrogen-bond acceptors (Lipinski definition) is 4. The van der Waals surface area contributed by atoms with E-state index in [2.05, 4.69) is 47.3 Å². The number of amides is 1. The summed E-state index contributed by atoms with van der Waals surface area (Å²) >= 11 is 0.